The summed E-state index contributed by atoms with van der Waals surface area (Å²) in [6, 6.07) is 57.4. The van der Waals surface area contributed by atoms with Crippen LogP contribution in [0.25, 0.3) is 88.1 Å². The number of halogens is 2. The van der Waals surface area contributed by atoms with E-state index in [1.54, 1.807) is 87.8 Å². The fourth-order valence-electron chi connectivity index (χ4n) is 12.2. The van der Waals surface area contributed by atoms with Crippen molar-refractivity contribution >= 4 is 125 Å². The number of benzene rings is 9. The average Bonchev–Trinajstić information content (AvgIpc) is 1.76. The molecule has 6 heterocycles. The number of carboxylic acid groups (broad SMARTS) is 1. The predicted octanol–water partition coefficient (Wildman–Crippen LogP) is 13.2. The third kappa shape index (κ3) is 19.6. The van der Waals surface area contributed by atoms with E-state index in [2.05, 4.69) is 40.2 Å². The molecule has 0 atom stereocenters. The predicted molar refractivity (Wildman–Crippen MR) is 410 cm³/mol. The summed E-state index contributed by atoms with van der Waals surface area (Å²) in [5.41, 5.74) is 34.0. The molecule has 0 bridgehead atoms. The molecule has 25 heteroatoms. The molecule has 0 spiro atoms. The van der Waals surface area contributed by atoms with Gasteiger partial charge in [0.1, 0.15) is 70.6 Å². The minimum atomic E-state index is -1.40. The third-order valence-electron chi connectivity index (χ3n) is 17.0. The number of carboxylic acids is 1. The molecule has 544 valence electrons. The fraction of sp³-hybridized carbons (Fsp3) is 0.159. The number of fused-ring (bicyclic) bond motifs is 6. The van der Waals surface area contributed by atoms with Crippen LogP contribution in [-0.4, -0.2) is 58.9 Å². The largest absolute Gasteiger partial charge is 1.00 e. The maximum Gasteiger partial charge on any atom is 1.00 e. The molecule has 0 aliphatic heterocycles. The van der Waals surface area contributed by atoms with E-state index in [1.807, 2.05) is 121 Å². The number of aliphatic carboxylic acids is 1. The van der Waals surface area contributed by atoms with Gasteiger partial charge in [0.2, 0.25) is 0 Å². The van der Waals surface area contributed by atoms with Crippen molar-refractivity contribution in [1.82, 2.24) is 0 Å². The van der Waals surface area contributed by atoms with E-state index in [9.17, 15) is 19.5 Å². The minimum Gasteiger partial charge on any atom is -0.870 e. The maximum atomic E-state index is 12.2. The smallest absolute Gasteiger partial charge is 0.870 e. The second kappa shape index (κ2) is 38.0. The van der Waals surface area contributed by atoms with Crippen molar-refractivity contribution in [2.75, 3.05) is 13.2 Å². The number of ether oxygens (including phenoxy) is 5. The van der Waals surface area contributed by atoms with Crippen LogP contribution in [0.4, 0.5) is 0 Å². The van der Waals surface area contributed by atoms with Gasteiger partial charge >= 0.3 is 43.9 Å². The van der Waals surface area contributed by atoms with Crippen molar-refractivity contribution < 1.29 is 104 Å². The first-order valence-corrected chi connectivity index (χ1v) is 34.2. The van der Waals surface area contributed by atoms with E-state index >= 15 is 0 Å². The molecule has 9 aromatic carbocycles. The van der Waals surface area contributed by atoms with E-state index in [1.165, 1.54) is 0 Å². The quantitative estimate of drug-likeness (QED) is 0.0256. The van der Waals surface area contributed by atoms with Crippen LogP contribution in [0.5, 0.6) is 17.2 Å². The molecule has 0 aliphatic rings. The normalized spacial score (nSPS) is 10.8. The summed E-state index contributed by atoms with van der Waals surface area (Å²) in [5, 5.41) is 32.2. The molecule has 21 nitrogen and oxygen atoms in total. The average molecular weight is 1520 g/mol. The summed E-state index contributed by atoms with van der Waals surface area (Å²) in [4.78, 5) is 35.5. The molecular formula is C82H75BBrClLiN3O18. The summed E-state index contributed by atoms with van der Waals surface area (Å²) in [5.74, 6) is 0.290. The summed E-state index contributed by atoms with van der Waals surface area (Å²) in [6.45, 7) is 6.53. The SMILES string of the molecule is CCOC(=O)Cc1ccc2occc2c1OCc1cc(-c2cccc(CN)c2)c2occc2c1.CCOC(=O)Cc1ccc2occc2c1OCc1cc(Br)c2occc2c1.Cl.NCc1cccc(-c2cc(COc3c(CC(=O)O)ccc4occc34)cc3ccoc23)c1.NCc1cccc(B(O)O)c1.[Li+].[OH-]. The van der Waals surface area contributed by atoms with Gasteiger partial charge in [0.15, 0.2) is 0 Å². The first-order valence-electron chi connectivity index (χ1n) is 33.5. The fourth-order valence-corrected chi connectivity index (χ4v) is 12.8. The van der Waals surface area contributed by atoms with Crippen LogP contribution in [0.3, 0.4) is 0 Å². The molecule has 15 aromatic rings. The zero-order valence-corrected chi connectivity index (χ0v) is 61.1. The molecule has 0 saturated heterocycles. The van der Waals surface area contributed by atoms with E-state index < -0.39 is 13.1 Å². The molecule has 107 heavy (non-hydrogen) atoms. The molecule has 0 aliphatic carbocycles. The number of rotatable bonds is 23. The Kier molecular flexibility index (Phi) is 28.5. The van der Waals surface area contributed by atoms with Gasteiger partial charge in [0, 0.05) is 63.6 Å². The Bertz CT molecular complexity index is 5510. The van der Waals surface area contributed by atoms with Gasteiger partial charge in [0.25, 0.3) is 0 Å². The summed E-state index contributed by atoms with van der Waals surface area (Å²) in [6.07, 6.45) is 9.96. The van der Waals surface area contributed by atoms with E-state index in [-0.39, 0.29) is 74.6 Å². The second-order valence-corrected chi connectivity index (χ2v) is 24.9. The molecular weight excluding hydrogens is 1450 g/mol. The Morgan fingerprint density at radius 2 is 0.794 bits per heavy atom. The molecule has 6 aromatic heterocycles. The van der Waals surface area contributed by atoms with E-state index in [0.29, 0.717) is 91.1 Å². The second-order valence-electron chi connectivity index (χ2n) is 24.1. The van der Waals surface area contributed by atoms with Crippen molar-refractivity contribution in [2.45, 2.75) is 72.6 Å². The summed E-state index contributed by atoms with van der Waals surface area (Å²) < 4.78 is 63.2. The van der Waals surface area contributed by atoms with Gasteiger partial charge in [-0.2, -0.15) is 0 Å². The van der Waals surface area contributed by atoms with Gasteiger partial charge < -0.3 is 88.0 Å². The Balaban J connectivity index is 0.000000171. The van der Waals surface area contributed by atoms with Crippen LogP contribution < -0.4 is 55.7 Å². The first-order chi connectivity index (χ1) is 50.7. The van der Waals surface area contributed by atoms with Crippen LogP contribution in [0, 0.1) is 0 Å². The molecule has 0 unspecified atom stereocenters. The van der Waals surface area contributed by atoms with Gasteiger partial charge in [0.05, 0.1) is 90.7 Å². The number of hydrogen-bond donors (Lipinski definition) is 6. The zero-order chi connectivity index (χ0) is 72.6. The number of esters is 2. The summed E-state index contributed by atoms with van der Waals surface area (Å²) >= 11 is 3.53. The molecule has 0 fully saturated rings. The number of carbonyl (C=O) groups is 3. The monoisotopic (exact) mass is 1520 g/mol. The molecule has 0 radical (unpaired) electrons. The van der Waals surface area contributed by atoms with E-state index in [0.717, 1.165) is 120 Å². The van der Waals surface area contributed by atoms with E-state index in [4.69, 9.17) is 77.4 Å². The topological polar surface area (TPSA) is 345 Å². The van der Waals surface area contributed by atoms with Crippen LogP contribution in [0.1, 0.15) is 63.9 Å². The number of carbonyl (C=O) groups excluding carboxylic acids is 2. The van der Waals surface area contributed by atoms with Gasteiger partial charge in [-0.3, -0.25) is 14.4 Å². The molecule has 0 saturated carbocycles. The van der Waals surface area contributed by atoms with Gasteiger partial charge in [-0.1, -0.05) is 78.9 Å². The van der Waals surface area contributed by atoms with Crippen molar-refractivity contribution in [2.24, 2.45) is 17.2 Å². The van der Waals surface area contributed by atoms with Gasteiger partial charge in [-0.25, -0.2) is 0 Å². The number of hydrogen-bond acceptors (Lipinski definition) is 20. The van der Waals surface area contributed by atoms with Crippen LogP contribution in [0.2, 0.25) is 0 Å². The van der Waals surface area contributed by atoms with Gasteiger partial charge in [-0.15, -0.1) is 12.4 Å². The zero-order valence-electron chi connectivity index (χ0n) is 58.7. The number of nitrogens with two attached hydrogens (primary N) is 3. The Morgan fingerprint density at radius 1 is 0.430 bits per heavy atom. The van der Waals surface area contributed by atoms with Crippen molar-refractivity contribution in [3.8, 4) is 39.5 Å². The Labute approximate surface area is 641 Å². The minimum absolute atomic E-state index is 0. The maximum absolute atomic E-state index is 12.2. The molecule has 0 amide bonds. The molecule has 10 N–H and O–H groups in total. The Hall–Kier alpha value is -10.8. The molecule has 15 rings (SSSR count). The van der Waals surface area contributed by atoms with Crippen LogP contribution >= 0.6 is 28.3 Å². The van der Waals surface area contributed by atoms with Gasteiger partial charge in [-0.05, 0) is 183 Å². The number of furan rings is 6. The Morgan fingerprint density at radius 3 is 1.19 bits per heavy atom. The summed E-state index contributed by atoms with van der Waals surface area (Å²) in [7, 11) is -1.40. The van der Waals surface area contributed by atoms with Crippen molar-refractivity contribution in [3.63, 3.8) is 0 Å². The third-order valence-corrected chi connectivity index (χ3v) is 17.6. The van der Waals surface area contributed by atoms with Crippen molar-refractivity contribution in [3.05, 3.63) is 274 Å². The first kappa shape index (κ1) is 80.3. The standard InChI is InChI=1S/C28H25NO5.C26H21NO5.C21H17BrO5.C7H10BNO2.ClH.Li.H2O/c1-2-31-26(30)15-21-6-7-25-23(9-11-32-25)27(21)34-17-19-13-22-8-10-33-28(22)24(14-19)20-5-3-4-18(12-20)16-29;27-14-16-2-1-3-18(10-16)22-12-17(11-20-6-8-31-26(20)22)15-32-25-19(13-24(28)29)4-5-23-21(25)7-9-30-23;1-2-24-19(23)11-14-3-4-18-16(6-8-25-18)20(14)27-12-13-9-15-5-7-26-21(15)17(22)10-13;9-5-6-2-1-3-7(4-6)8(10)11;;;/h3-14H,2,15-17,29H2,1H3;1-12H,13-15,27H2,(H,28,29);3-10H,2,11-12H2,1H3;1-4,10-11H,5,9H2;1H;;1H2/q;;;;;+1;/p-1. The van der Waals surface area contributed by atoms with Crippen molar-refractivity contribution in [1.29, 1.82) is 0 Å². The van der Waals surface area contributed by atoms with Crippen LogP contribution in [0.15, 0.2) is 251 Å². The van der Waals surface area contributed by atoms with Crippen LogP contribution in [-0.2, 0) is 82.6 Å².